The highest BCUT2D eigenvalue weighted by atomic mass is 19.1. The highest BCUT2D eigenvalue weighted by Gasteiger charge is 2.06. The molecule has 0 spiro atoms. The summed E-state index contributed by atoms with van der Waals surface area (Å²) >= 11 is 0. The molecule has 0 saturated carbocycles. The van der Waals surface area contributed by atoms with Crippen molar-refractivity contribution in [1.82, 2.24) is 5.32 Å². The van der Waals surface area contributed by atoms with Crippen LogP contribution in [0.15, 0.2) is 24.3 Å². The lowest BCUT2D eigenvalue weighted by Crippen LogP contribution is -2.35. The molecule has 4 nitrogen and oxygen atoms in total. The molecule has 5 heteroatoms. The first-order valence-electron chi connectivity index (χ1n) is 6.99. The molecular weight excluding hydrogens is 261 g/mol. The van der Waals surface area contributed by atoms with Gasteiger partial charge in [0.1, 0.15) is 18.2 Å². The summed E-state index contributed by atoms with van der Waals surface area (Å²) in [6, 6.07) is 6.23. The van der Waals surface area contributed by atoms with Crippen LogP contribution in [-0.2, 0) is 4.74 Å². The molecule has 0 fully saturated rings. The Bertz CT molecular complexity index is 359. The van der Waals surface area contributed by atoms with E-state index in [1.807, 2.05) is 0 Å². The lowest BCUT2D eigenvalue weighted by Gasteiger charge is -2.16. The topological polar surface area (TPSA) is 50.7 Å². The molecule has 0 aliphatic rings. The molecule has 1 aromatic carbocycles. The van der Waals surface area contributed by atoms with Crippen LogP contribution in [0.1, 0.15) is 20.3 Å². The average Bonchev–Trinajstić information content (AvgIpc) is 2.46. The molecule has 1 aromatic rings. The summed E-state index contributed by atoms with van der Waals surface area (Å²) in [4.78, 5) is 0. The maximum atomic E-state index is 12.7. The third-order valence-electron chi connectivity index (χ3n) is 2.93. The Labute approximate surface area is 119 Å². The molecule has 2 atom stereocenters. The summed E-state index contributed by atoms with van der Waals surface area (Å²) < 4.78 is 23.3. The molecule has 114 valence electrons. The summed E-state index contributed by atoms with van der Waals surface area (Å²) in [5.41, 5.74) is 0. The molecule has 0 saturated heterocycles. The third-order valence-corrected chi connectivity index (χ3v) is 2.93. The molecule has 0 unspecified atom stereocenters. The van der Waals surface area contributed by atoms with Crippen LogP contribution in [0.3, 0.4) is 0 Å². The zero-order chi connectivity index (χ0) is 14.8. The van der Waals surface area contributed by atoms with Gasteiger partial charge < -0.3 is 19.9 Å². The van der Waals surface area contributed by atoms with Gasteiger partial charge in [-0.2, -0.15) is 0 Å². The second-order valence-corrected chi connectivity index (χ2v) is 4.75. The van der Waals surface area contributed by atoms with Crippen molar-refractivity contribution in [2.24, 2.45) is 0 Å². The fourth-order valence-electron chi connectivity index (χ4n) is 1.51. The first-order valence-corrected chi connectivity index (χ1v) is 6.99. The van der Waals surface area contributed by atoms with Crippen molar-refractivity contribution in [2.75, 3.05) is 26.4 Å². The van der Waals surface area contributed by atoms with E-state index in [2.05, 4.69) is 19.2 Å². The second kappa shape index (κ2) is 9.69. The predicted octanol–water partition coefficient (Wildman–Crippen LogP) is 1.97. The molecule has 0 amide bonds. The molecule has 0 aromatic heterocycles. The number of rotatable bonds is 10. The zero-order valence-corrected chi connectivity index (χ0v) is 12.1. The number of aliphatic hydroxyl groups excluding tert-OH is 1. The standard InChI is InChI=1S/C15H24FNO3/c1-3-12(2)17-10-14(18)11-19-8-9-20-15-6-4-13(16)5-7-15/h4-7,12,14,17-18H,3,8-11H2,1-2H3/t12-,14+/m0/s1. The molecule has 0 heterocycles. The van der Waals surface area contributed by atoms with E-state index in [1.165, 1.54) is 12.1 Å². The van der Waals surface area contributed by atoms with Crippen LogP contribution in [0.5, 0.6) is 5.75 Å². The minimum Gasteiger partial charge on any atom is -0.491 e. The van der Waals surface area contributed by atoms with Crippen LogP contribution in [0.4, 0.5) is 4.39 Å². The van der Waals surface area contributed by atoms with Gasteiger partial charge in [0.2, 0.25) is 0 Å². The Hall–Kier alpha value is -1.17. The van der Waals surface area contributed by atoms with Crippen molar-refractivity contribution >= 4 is 0 Å². The van der Waals surface area contributed by atoms with E-state index in [4.69, 9.17) is 9.47 Å². The highest BCUT2D eigenvalue weighted by molar-refractivity contribution is 5.21. The van der Waals surface area contributed by atoms with Gasteiger partial charge in [-0.1, -0.05) is 6.92 Å². The monoisotopic (exact) mass is 285 g/mol. The van der Waals surface area contributed by atoms with Crippen LogP contribution < -0.4 is 10.1 Å². The van der Waals surface area contributed by atoms with Gasteiger partial charge in [-0.3, -0.25) is 0 Å². The summed E-state index contributed by atoms with van der Waals surface area (Å²) in [6.07, 6.45) is 0.508. The highest BCUT2D eigenvalue weighted by Crippen LogP contribution is 2.10. The quantitative estimate of drug-likeness (QED) is 0.645. The summed E-state index contributed by atoms with van der Waals surface area (Å²) in [7, 11) is 0. The molecule has 0 radical (unpaired) electrons. The van der Waals surface area contributed by atoms with Crippen molar-refractivity contribution in [3.05, 3.63) is 30.1 Å². The SMILES string of the molecule is CC[C@H](C)NC[C@@H](O)COCCOc1ccc(F)cc1. The number of nitrogens with one attached hydrogen (secondary N) is 1. The Morgan fingerprint density at radius 1 is 1.25 bits per heavy atom. The van der Waals surface area contributed by atoms with Gasteiger partial charge in [0, 0.05) is 12.6 Å². The van der Waals surface area contributed by atoms with Crippen LogP contribution >= 0.6 is 0 Å². The van der Waals surface area contributed by atoms with Gasteiger partial charge in [0.15, 0.2) is 0 Å². The zero-order valence-electron chi connectivity index (χ0n) is 12.1. The van der Waals surface area contributed by atoms with E-state index in [1.54, 1.807) is 12.1 Å². The van der Waals surface area contributed by atoms with Gasteiger partial charge in [-0.15, -0.1) is 0 Å². The molecule has 2 N–H and O–H groups in total. The Kier molecular flexibility index (Phi) is 8.18. The summed E-state index contributed by atoms with van der Waals surface area (Å²) in [6.45, 7) is 5.72. The third kappa shape index (κ3) is 7.43. The van der Waals surface area contributed by atoms with Crippen molar-refractivity contribution in [1.29, 1.82) is 0 Å². The lowest BCUT2D eigenvalue weighted by molar-refractivity contribution is 0.0241. The fourth-order valence-corrected chi connectivity index (χ4v) is 1.51. The van der Waals surface area contributed by atoms with Gasteiger partial charge in [0.05, 0.1) is 19.3 Å². The van der Waals surface area contributed by atoms with Gasteiger partial charge in [-0.25, -0.2) is 4.39 Å². The normalized spacial score (nSPS) is 14.0. The van der Waals surface area contributed by atoms with Crippen LogP contribution in [0.25, 0.3) is 0 Å². The molecule has 1 rings (SSSR count). The van der Waals surface area contributed by atoms with Gasteiger partial charge in [0.25, 0.3) is 0 Å². The molecule has 0 aliphatic heterocycles. The van der Waals surface area contributed by atoms with Crippen LogP contribution in [0, 0.1) is 5.82 Å². The first-order chi connectivity index (χ1) is 9.61. The van der Waals surface area contributed by atoms with Gasteiger partial charge in [-0.05, 0) is 37.6 Å². The smallest absolute Gasteiger partial charge is 0.123 e. The number of hydrogen-bond acceptors (Lipinski definition) is 4. The maximum Gasteiger partial charge on any atom is 0.123 e. The second-order valence-electron chi connectivity index (χ2n) is 4.75. The fraction of sp³-hybridized carbons (Fsp3) is 0.600. The Morgan fingerprint density at radius 3 is 2.60 bits per heavy atom. The van der Waals surface area contributed by atoms with E-state index >= 15 is 0 Å². The van der Waals surface area contributed by atoms with E-state index in [0.29, 0.717) is 31.5 Å². The molecular formula is C15H24FNO3. The number of benzene rings is 1. The largest absolute Gasteiger partial charge is 0.491 e. The average molecular weight is 285 g/mol. The molecule has 20 heavy (non-hydrogen) atoms. The Balaban J connectivity index is 2.02. The van der Waals surface area contributed by atoms with Crippen molar-refractivity contribution < 1.29 is 19.0 Å². The Morgan fingerprint density at radius 2 is 1.95 bits per heavy atom. The molecule has 0 aliphatic carbocycles. The van der Waals surface area contributed by atoms with Gasteiger partial charge >= 0.3 is 0 Å². The van der Waals surface area contributed by atoms with Crippen LogP contribution in [-0.4, -0.2) is 43.6 Å². The van der Waals surface area contributed by atoms with Crippen molar-refractivity contribution in [3.8, 4) is 5.75 Å². The van der Waals surface area contributed by atoms with E-state index in [0.717, 1.165) is 6.42 Å². The maximum absolute atomic E-state index is 12.7. The number of halogens is 1. The molecule has 0 bridgehead atoms. The van der Waals surface area contributed by atoms with E-state index in [9.17, 15) is 9.50 Å². The first kappa shape index (κ1) is 16.9. The minimum absolute atomic E-state index is 0.274. The number of ether oxygens (including phenoxy) is 2. The van der Waals surface area contributed by atoms with E-state index < -0.39 is 6.10 Å². The van der Waals surface area contributed by atoms with Crippen LogP contribution in [0.2, 0.25) is 0 Å². The predicted molar refractivity (Wildman–Crippen MR) is 76.5 cm³/mol. The number of hydrogen-bond donors (Lipinski definition) is 2. The van der Waals surface area contributed by atoms with Crippen molar-refractivity contribution in [2.45, 2.75) is 32.4 Å². The van der Waals surface area contributed by atoms with Crippen molar-refractivity contribution in [3.63, 3.8) is 0 Å². The lowest BCUT2D eigenvalue weighted by atomic mass is 10.2. The number of aliphatic hydroxyl groups is 1. The summed E-state index contributed by atoms with van der Waals surface area (Å²) in [5.74, 6) is 0.319. The summed E-state index contributed by atoms with van der Waals surface area (Å²) in [5, 5.41) is 12.9. The minimum atomic E-state index is -0.519. The van der Waals surface area contributed by atoms with E-state index in [-0.39, 0.29) is 12.4 Å².